The number of carbonyl (C=O) groups excluding carboxylic acids is 1. The van der Waals surface area contributed by atoms with E-state index in [0.717, 1.165) is 17.7 Å². The van der Waals surface area contributed by atoms with Crippen molar-refractivity contribution in [2.45, 2.75) is 19.6 Å². The first kappa shape index (κ1) is 24.7. The lowest BCUT2D eigenvalue weighted by Gasteiger charge is -2.19. The minimum absolute atomic E-state index is 0.0618. The molecule has 1 atom stereocenters. The van der Waals surface area contributed by atoms with Crippen molar-refractivity contribution < 1.29 is 27.8 Å². The largest absolute Gasteiger partial charge is 0.497 e. The van der Waals surface area contributed by atoms with Crippen LogP contribution in [0.2, 0.25) is 0 Å². The maximum Gasteiger partial charge on any atom is 0.254 e. The second kappa shape index (κ2) is 11.2. The van der Waals surface area contributed by atoms with Crippen molar-refractivity contribution in [1.29, 1.82) is 5.41 Å². The molecule has 0 radical (unpaired) electrons. The maximum absolute atomic E-state index is 14.9. The van der Waals surface area contributed by atoms with E-state index in [1.807, 2.05) is 0 Å². The molecule has 0 bridgehead atoms. The number of methoxy groups -OCH3 is 1. The Balaban J connectivity index is 1.77. The van der Waals surface area contributed by atoms with E-state index in [2.05, 4.69) is 5.32 Å². The van der Waals surface area contributed by atoms with Crippen LogP contribution in [0.1, 0.15) is 29.7 Å². The highest BCUT2D eigenvalue weighted by Crippen LogP contribution is 2.31. The number of amides is 1. The summed E-state index contributed by atoms with van der Waals surface area (Å²) >= 11 is 0. The van der Waals surface area contributed by atoms with Gasteiger partial charge in [0.05, 0.1) is 12.7 Å². The molecule has 3 rings (SSSR count). The van der Waals surface area contributed by atoms with Gasteiger partial charge in [-0.3, -0.25) is 10.2 Å². The van der Waals surface area contributed by atoms with Crippen LogP contribution in [-0.4, -0.2) is 25.5 Å². The molecule has 0 aromatic heterocycles. The van der Waals surface area contributed by atoms with Gasteiger partial charge >= 0.3 is 0 Å². The number of nitrogens with one attached hydrogen (secondary N) is 2. The number of carbonyl (C=O) groups is 1. The summed E-state index contributed by atoms with van der Waals surface area (Å²) in [6.07, 6.45) is -1.49. The van der Waals surface area contributed by atoms with Crippen molar-refractivity contribution in [2.24, 2.45) is 5.73 Å². The van der Waals surface area contributed by atoms with Crippen molar-refractivity contribution in [3.63, 3.8) is 0 Å². The Labute approximate surface area is 196 Å². The summed E-state index contributed by atoms with van der Waals surface area (Å²) in [7, 11) is 1.49. The Morgan fingerprint density at radius 2 is 1.68 bits per heavy atom. The molecule has 0 fully saturated rings. The summed E-state index contributed by atoms with van der Waals surface area (Å²) in [6, 6.07) is 15.2. The Kier molecular flexibility index (Phi) is 8.15. The highest BCUT2D eigenvalue weighted by Gasteiger charge is 2.28. The molecule has 0 saturated carbocycles. The number of hydrogen-bond acceptors (Lipinski definition) is 5. The van der Waals surface area contributed by atoms with Crippen LogP contribution in [0, 0.1) is 17.0 Å². The summed E-state index contributed by atoms with van der Waals surface area (Å²) in [4.78, 5) is 12.8. The fourth-order valence-electron chi connectivity index (χ4n) is 3.21. The lowest BCUT2D eigenvalue weighted by atomic mass is 10.1. The van der Waals surface area contributed by atoms with E-state index >= 15 is 0 Å². The molecule has 1 amide bonds. The Hall–Kier alpha value is -3.98. The predicted molar refractivity (Wildman–Crippen MR) is 123 cm³/mol. The number of nitrogens with two attached hydrogens (primary N) is 1. The van der Waals surface area contributed by atoms with Gasteiger partial charge in [-0.1, -0.05) is 30.3 Å². The molecule has 34 heavy (non-hydrogen) atoms. The second-order valence-electron chi connectivity index (χ2n) is 7.25. The third-order valence-electron chi connectivity index (χ3n) is 4.89. The minimum atomic E-state index is -1.49. The SMILES string of the molecule is CCOC(C(=O)NCc1ccc(C(=N)N)cc1)c1c(F)cc(Oc2cccc(OC)c2)cc1F. The lowest BCUT2D eigenvalue weighted by molar-refractivity contribution is -0.133. The quantitative estimate of drug-likeness (QED) is 0.301. The summed E-state index contributed by atoms with van der Waals surface area (Å²) in [5.74, 6) is -1.93. The minimum Gasteiger partial charge on any atom is -0.497 e. The molecular weight excluding hydrogens is 444 g/mol. The van der Waals surface area contributed by atoms with Gasteiger partial charge in [-0.25, -0.2) is 8.78 Å². The lowest BCUT2D eigenvalue weighted by Crippen LogP contribution is -2.31. The first-order chi connectivity index (χ1) is 16.3. The van der Waals surface area contributed by atoms with Crippen LogP contribution < -0.4 is 20.5 Å². The van der Waals surface area contributed by atoms with Crippen LogP contribution in [0.4, 0.5) is 8.78 Å². The van der Waals surface area contributed by atoms with Crippen molar-refractivity contribution in [1.82, 2.24) is 5.32 Å². The predicted octanol–water partition coefficient (Wildman–Crippen LogP) is 4.44. The van der Waals surface area contributed by atoms with Crippen molar-refractivity contribution >= 4 is 11.7 Å². The third kappa shape index (κ3) is 6.08. The van der Waals surface area contributed by atoms with Gasteiger partial charge in [0.2, 0.25) is 0 Å². The third-order valence-corrected chi connectivity index (χ3v) is 4.89. The first-order valence-electron chi connectivity index (χ1n) is 10.5. The summed E-state index contributed by atoms with van der Waals surface area (Å²) in [5.41, 5.74) is 6.18. The Morgan fingerprint density at radius 1 is 1.03 bits per heavy atom. The van der Waals surface area contributed by atoms with Gasteiger partial charge in [0.1, 0.15) is 34.7 Å². The average molecular weight is 469 g/mol. The number of amidine groups is 1. The zero-order valence-electron chi connectivity index (χ0n) is 18.7. The van der Waals surface area contributed by atoms with Gasteiger partial charge in [0, 0.05) is 36.9 Å². The molecule has 3 aromatic carbocycles. The summed E-state index contributed by atoms with van der Waals surface area (Å²) in [5, 5.41) is 10.0. The molecule has 0 heterocycles. The number of rotatable bonds is 10. The van der Waals surface area contributed by atoms with Gasteiger partial charge in [-0.15, -0.1) is 0 Å². The van der Waals surface area contributed by atoms with Crippen LogP contribution in [0.5, 0.6) is 17.2 Å². The number of hydrogen-bond donors (Lipinski definition) is 3. The van der Waals surface area contributed by atoms with Crippen LogP contribution in [0.15, 0.2) is 60.7 Å². The normalized spacial score (nSPS) is 11.5. The van der Waals surface area contributed by atoms with Crippen molar-refractivity contribution in [3.8, 4) is 17.2 Å². The average Bonchev–Trinajstić information content (AvgIpc) is 2.82. The molecule has 0 aliphatic heterocycles. The van der Waals surface area contributed by atoms with Gasteiger partial charge in [-0.05, 0) is 24.6 Å². The van der Waals surface area contributed by atoms with E-state index in [9.17, 15) is 13.6 Å². The van der Waals surface area contributed by atoms with Gasteiger partial charge in [0.15, 0.2) is 6.10 Å². The smallest absolute Gasteiger partial charge is 0.254 e. The first-order valence-corrected chi connectivity index (χ1v) is 10.5. The van der Waals surface area contributed by atoms with E-state index in [1.54, 1.807) is 55.5 Å². The van der Waals surface area contributed by atoms with E-state index in [-0.39, 0.29) is 24.7 Å². The maximum atomic E-state index is 14.9. The second-order valence-corrected chi connectivity index (χ2v) is 7.25. The highest BCUT2D eigenvalue weighted by atomic mass is 19.1. The standard InChI is InChI=1S/C25H25F2N3O4/c1-3-33-23(25(31)30-14-15-7-9-16(10-8-15)24(28)29)22-20(26)12-19(13-21(22)27)34-18-6-4-5-17(11-18)32-2/h4-13,23H,3,14H2,1-2H3,(H3,28,29)(H,30,31). The monoisotopic (exact) mass is 469 g/mol. The van der Waals surface area contributed by atoms with Gasteiger partial charge < -0.3 is 25.3 Å². The number of nitrogen functional groups attached to an aromatic ring is 1. The fourth-order valence-corrected chi connectivity index (χ4v) is 3.21. The van der Waals surface area contributed by atoms with Crippen LogP contribution in [-0.2, 0) is 16.1 Å². The molecule has 0 spiro atoms. The molecule has 4 N–H and O–H groups in total. The summed E-state index contributed by atoms with van der Waals surface area (Å²) < 4.78 is 45.9. The molecule has 7 nitrogen and oxygen atoms in total. The van der Waals surface area contributed by atoms with Crippen molar-refractivity contribution in [2.75, 3.05) is 13.7 Å². The molecule has 0 aliphatic rings. The van der Waals surface area contributed by atoms with E-state index in [0.29, 0.717) is 17.1 Å². The van der Waals surface area contributed by atoms with Crippen molar-refractivity contribution in [3.05, 3.63) is 89.0 Å². The topological polar surface area (TPSA) is 107 Å². The van der Waals surface area contributed by atoms with E-state index < -0.39 is 29.2 Å². The molecule has 3 aromatic rings. The molecule has 0 aliphatic carbocycles. The van der Waals surface area contributed by atoms with E-state index in [1.165, 1.54) is 7.11 Å². The van der Waals surface area contributed by atoms with Crippen LogP contribution in [0.25, 0.3) is 0 Å². The fraction of sp³-hybridized carbons (Fsp3) is 0.200. The molecular formula is C25H25F2N3O4. The zero-order valence-corrected chi connectivity index (χ0v) is 18.7. The molecule has 0 saturated heterocycles. The zero-order chi connectivity index (χ0) is 24.7. The Morgan fingerprint density at radius 3 is 2.26 bits per heavy atom. The molecule has 9 heteroatoms. The summed E-state index contributed by atoms with van der Waals surface area (Å²) in [6.45, 7) is 1.78. The Bertz CT molecular complexity index is 1150. The number of benzene rings is 3. The van der Waals surface area contributed by atoms with E-state index in [4.69, 9.17) is 25.4 Å². The highest BCUT2D eigenvalue weighted by molar-refractivity contribution is 5.94. The van der Waals surface area contributed by atoms with Crippen LogP contribution in [0.3, 0.4) is 0 Å². The number of halogens is 2. The van der Waals surface area contributed by atoms with Gasteiger partial charge in [0.25, 0.3) is 5.91 Å². The molecule has 1 unspecified atom stereocenters. The van der Waals surface area contributed by atoms with Crippen LogP contribution >= 0.6 is 0 Å². The molecule has 178 valence electrons. The van der Waals surface area contributed by atoms with Gasteiger partial charge in [-0.2, -0.15) is 0 Å². The number of ether oxygens (including phenoxy) is 3.